The van der Waals surface area contributed by atoms with Gasteiger partial charge in [0.1, 0.15) is 5.82 Å². The highest BCUT2D eigenvalue weighted by Crippen LogP contribution is 2.34. The minimum absolute atomic E-state index is 0.00807. The number of amides is 1. The van der Waals surface area contributed by atoms with Gasteiger partial charge in [0, 0.05) is 19.1 Å². The maximum Gasteiger partial charge on any atom is 0.471 e. The molecule has 0 saturated heterocycles. The second-order valence-electron chi connectivity index (χ2n) is 6.77. The summed E-state index contributed by atoms with van der Waals surface area (Å²) in [5, 5.41) is 3.69. The summed E-state index contributed by atoms with van der Waals surface area (Å²) in [5.41, 5.74) is 2.96. The molecule has 0 aliphatic carbocycles. The molecule has 1 aliphatic rings. The molecule has 28 heavy (non-hydrogen) atoms. The van der Waals surface area contributed by atoms with Crippen molar-refractivity contribution in [2.75, 3.05) is 18.4 Å². The monoisotopic (exact) mass is 414 g/mol. The van der Waals surface area contributed by atoms with Crippen molar-refractivity contribution in [2.45, 2.75) is 32.0 Å². The minimum Gasteiger partial charge on any atom is -0.377 e. The van der Waals surface area contributed by atoms with Gasteiger partial charge in [-0.05, 0) is 54.7 Å². The van der Waals surface area contributed by atoms with Crippen molar-refractivity contribution in [1.29, 1.82) is 0 Å². The first-order valence-electron chi connectivity index (χ1n) is 8.85. The number of nitrogens with one attached hydrogen (secondary N) is 1. The summed E-state index contributed by atoms with van der Waals surface area (Å²) >= 11 is 6.35. The van der Waals surface area contributed by atoms with Gasteiger partial charge in [-0.15, -0.1) is 0 Å². The molecule has 0 aromatic heterocycles. The summed E-state index contributed by atoms with van der Waals surface area (Å²) < 4.78 is 51.8. The number of fused-ring (bicyclic) bond motifs is 1. The zero-order valence-corrected chi connectivity index (χ0v) is 15.9. The maximum atomic E-state index is 13.5. The van der Waals surface area contributed by atoms with Gasteiger partial charge in [0.15, 0.2) is 0 Å². The Bertz CT molecular complexity index is 885. The molecule has 1 amide bonds. The molecule has 1 aliphatic heterocycles. The Morgan fingerprint density at radius 3 is 2.57 bits per heavy atom. The molecule has 150 valence electrons. The van der Waals surface area contributed by atoms with E-state index >= 15 is 0 Å². The molecule has 0 bridgehead atoms. The predicted molar refractivity (Wildman–Crippen MR) is 99.9 cm³/mol. The van der Waals surface area contributed by atoms with Crippen LogP contribution in [0.15, 0.2) is 36.4 Å². The minimum atomic E-state index is -4.89. The molecule has 0 radical (unpaired) electrons. The third-order valence-electron chi connectivity index (χ3n) is 4.88. The number of carbonyl (C=O) groups is 1. The van der Waals surface area contributed by atoms with Crippen LogP contribution in [0.2, 0.25) is 5.02 Å². The first kappa shape index (κ1) is 20.5. The van der Waals surface area contributed by atoms with E-state index in [-0.39, 0.29) is 31.4 Å². The first-order valence-corrected chi connectivity index (χ1v) is 9.23. The van der Waals surface area contributed by atoms with Crippen molar-refractivity contribution in [1.82, 2.24) is 4.90 Å². The van der Waals surface area contributed by atoms with Crippen LogP contribution in [0.4, 0.5) is 23.2 Å². The van der Waals surface area contributed by atoms with Gasteiger partial charge in [-0.2, -0.15) is 13.2 Å². The van der Waals surface area contributed by atoms with E-state index < -0.39 is 12.1 Å². The SMILES string of the molecule is CC(Nc1c(Cl)ccc2c1CCN(C(=O)C(F)(F)F)CC2)c1cccc(F)c1. The quantitative estimate of drug-likeness (QED) is 0.705. The van der Waals surface area contributed by atoms with Crippen LogP contribution in [0.3, 0.4) is 0 Å². The molecule has 2 aromatic carbocycles. The number of nitrogens with zero attached hydrogens (tertiary/aromatic N) is 1. The molecule has 8 heteroatoms. The summed E-state index contributed by atoms with van der Waals surface area (Å²) in [6, 6.07) is 9.34. The van der Waals surface area contributed by atoms with Gasteiger partial charge in [0.05, 0.1) is 10.7 Å². The highest BCUT2D eigenvalue weighted by molar-refractivity contribution is 6.33. The van der Waals surface area contributed by atoms with Gasteiger partial charge in [0.2, 0.25) is 0 Å². The van der Waals surface area contributed by atoms with Crippen LogP contribution in [-0.2, 0) is 17.6 Å². The topological polar surface area (TPSA) is 32.3 Å². The predicted octanol–water partition coefficient (Wildman–Crippen LogP) is 5.14. The summed E-state index contributed by atoms with van der Waals surface area (Å²) in [6.45, 7) is 1.79. The number of carbonyl (C=O) groups excluding carboxylic acids is 1. The molecule has 0 fully saturated rings. The van der Waals surface area contributed by atoms with E-state index in [1.54, 1.807) is 24.3 Å². The van der Waals surface area contributed by atoms with Crippen LogP contribution in [0.5, 0.6) is 0 Å². The summed E-state index contributed by atoms with van der Waals surface area (Å²) in [4.78, 5) is 12.4. The van der Waals surface area contributed by atoms with Crippen molar-refractivity contribution in [3.63, 3.8) is 0 Å². The maximum absolute atomic E-state index is 13.5. The number of alkyl halides is 3. The van der Waals surface area contributed by atoms with Crippen molar-refractivity contribution >= 4 is 23.2 Å². The van der Waals surface area contributed by atoms with Gasteiger partial charge < -0.3 is 10.2 Å². The van der Waals surface area contributed by atoms with Gasteiger partial charge >= 0.3 is 12.1 Å². The molecule has 0 saturated carbocycles. The van der Waals surface area contributed by atoms with E-state index in [9.17, 15) is 22.4 Å². The lowest BCUT2D eigenvalue weighted by molar-refractivity contribution is -0.185. The molecule has 1 atom stereocenters. The van der Waals surface area contributed by atoms with Crippen molar-refractivity contribution in [2.24, 2.45) is 0 Å². The molecule has 1 heterocycles. The van der Waals surface area contributed by atoms with Crippen LogP contribution in [0.25, 0.3) is 0 Å². The van der Waals surface area contributed by atoms with Crippen LogP contribution in [0.1, 0.15) is 29.7 Å². The average Bonchev–Trinajstić information content (AvgIpc) is 2.85. The smallest absolute Gasteiger partial charge is 0.377 e. The summed E-state index contributed by atoms with van der Waals surface area (Å²) in [7, 11) is 0. The Kier molecular flexibility index (Phi) is 5.84. The Morgan fingerprint density at radius 1 is 1.18 bits per heavy atom. The Morgan fingerprint density at radius 2 is 1.89 bits per heavy atom. The molecule has 3 nitrogen and oxygen atoms in total. The van der Waals surface area contributed by atoms with E-state index in [1.807, 2.05) is 6.92 Å². The Labute approximate surface area is 165 Å². The van der Waals surface area contributed by atoms with Crippen molar-refractivity contribution in [3.8, 4) is 0 Å². The molecule has 3 rings (SSSR count). The second-order valence-corrected chi connectivity index (χ2v) is 7.18. The standard InChI is InChI=1S/C20H19ClF4N2O/c1-12(14-3-2-4-15(22)11-14)26-18-16-8-10-27(19(28)20(23,24)25)9-7-13(16)5-6-17(18)21/h2-6,11-12,26H,7-10H2,1H3. The Balaban J connectivity index is 1.85. The fraction of sp³-hybridized carbons (Fsp3) is 0.350. The highest BCUT2D eigenvalue weighted by Gasteiger charge is 2.42. The molecule has 2 aromatic rings. The fourth-order valence-corrected chi connectivity index (χ4v) is 3.64. The molecule has 1 unspecified atom stereocenters. The third kappa shape index (κ3) is 4.41. The lowest BCUT2D eigenvalue weighted by Crippen LogP contribution is -2.42. The number of hydrogen-bond donors (Lipinski definition) is 1. The van der Waals surface area contributed by atoms with E-state index in [0.717, 1.165) is 21.6 Å². The van der Waals surface area contributed by atoms with Crippen LogP contribution >= 0.6 is 11.6 Å². The zero-order valence-electron chi connectivity index (χ0n) is 15.1. The normalized spacial score (nSPS) is 15.6. The molecular formula is C20H19ClF4N2O. The first-order chi connectivity index (χ1) is 13.2. The zero-order chi connectivity index (χ0) is 20.5. The molecular weight excluding hydrogens is 396 g/mol. The van der Waals surface area contributed by atoms with Crippen LogP contribution < -0.4 is 5.32 Å². The van der Waals surface area contributed by atoms with Gasteiger partial charge in [-0.25, -0.2) is 4.39 Å². The van der Waals surface area contributed by atoms with Gasteiger partial charge in [-0.3, -0.25) is 4.79 Å². The van der Waals surface area contributed by atoms with Gasteiger partial charge in [-0.1, -0.05) is 29.8 Å². The van der Waals surface area contributed by atoms with Crippen molar-refractivity contribution in [3.05, 3.63) is 63.9 Å². The molecule has 1 N–H and O–H groups in total. The fourth-order valence-electron chi connectivity index (χ4n) is 3.41. The number of anilines is 1. The molecule has 0 spiro atoms. The van der Waals surface area contributed by atoms with Crippen molar-refractivity contribution < 1.29 is 22.4 Å². The lowest BCUT2D eigenvalue weighted by atomic mass is 9.99. The average molecular weight is 415 g/mol. The largest absolute Gasteiger partial charge is 0.471 e. The highest BCUT2D eigenvalue weighted by atomic mass is 35.5. The van der Waals surface area contributed by atoms with Crippen LogP contribution in [0, 0.1) is 5.82 Å². The number of hydrogen-bond acceptors (Lipinski definition) is 2. The van der Waals surface area contributed by atoms with E-state index in [2.05, 4.69) is 5.32 Å². The Hall–Kier alpha value is -2.28. The summed E-state index contributed by atoms with van der Waals surface area (Å²) in [5.74, 6) is -2.18. The lowest BCUT2D eigenvalue weighted by Gasteiger charge is -2.22. The van der Waals surface area contributed by atoms with E-state index in [0.29, 0.717) is 17.1 Å². The number of benzene rings is 2. The number of halogens is 5. The van der Waals surface area contributed by atoms with Crippen LogP contribution in [-0.4, -0.2) is 30.1 Å². The van der Waals surface area contributed by atoms with E-state index in [1.165, 1.54) is 12.1 Å². The van der Waals surface area contributed by atoms with Gasteiger partial charge in [0.25, 0.3) is 0 Å². The van der Waals surface area contributed by atoms with E-state index in [4.69, 9.17) is 11.6 Å². The summed E-state index contributed by atoms with van der Waals surface area (Å²) in [6.07, 6.45) is -4.34. The third-order valence-corrected chi connectivity index (χ3v) is 5.20. The second kappa shape index (κ2) is 7.99. The number of rotatable bonds is 3.